The standard InChI is InChI=1S/C21H21BrN4O2/c1-12-6-5-7-16(10-12)20(27)24-23-11-17-15(4)25-26(21(17)28)19-9-8-18(22)13(2)14(19)3/h5-11,25H,1-4H3,(H,24,27). The summed E-state index contributed by atoms with van der Waals surface area (Å²) in [6, 6.07) is 11.0. The Morgan fingerprint density at radius 2 is 1.89 bits per heavy atom. The van der Waals surface area contributed by atoms with Gasteiger partial charge in [-0.25, -0.2) is 10.1 Å². The lowest BCUT2D eigenvalue weighted by molar-refractivity contribution is 0.0955. The van der Waals surface area contributed by atoms with Crippen LogP contribution in [-0.4, -0.2) is 21.9 Å². The van der Waals surface area contributed by atoms with Gasteiger partial charge in [0.1, 0.15) is 0 Å². The average Bonchev–Trinajstić information content (AvgIpc) is 2.94. The maximum Gasteiger partial charge on any atom is 0.280 e. The molecule has 2 aromatic carbocycles. The fourth-order valence-corrected chi connectivity index (χ4v) is 3.33. The third kappa shape index (κ3) is 3.84. The lowest BCUT2D eigenvalue weighted by Crippen LogP contribution is -2.20. The van der Waals surface area contributed by atoms with E-state index >= 15 is 0 Å². The van der Waals surface area contributed by atoms with Crippen LogP contribution in [-0.2, 0) is 0 Å². The number of hydrogen-bond acceptors (Lipinski definition) is 3. The molecule has 0 unspecified atom stereocenters. The molecule has 7 heteroatoms. The van der Waals surface area contributed by atoms with E-state index in [9.17, 15) is 9.59 Å². The molecule has 0 bridgehead atoms. The van der Waals surface area contributed by atoms with Crippen LogP contribution in [0.4, 0.5) is 0 Å². The van der Waals surface area contributed by atoms with Crippen molar-refractivity contribution >= 4 is 28.1 Å². The summed E-state index contributed by atoms with van der Waals surface area (Å²) >= 11 is 3.50. The van der Waals surface area contributed by atoms with E-state index in [2.05, 4.69) is 31.6 Å². The summed E-state index contributed by atoms with van der Waals surface area (Å²) in [5.41, 5.74) is 7.64. The fourth-order valence-electron chi connectivity index (χ4n) is 2.90. The second-order valence-corrected chi connectivity index (χ2v) is 7.53. The van der Waals surface area contributed by atoms with Crippen molar-refractivity contribution in [1.82, 2.24) is 15.2 Å². The molecule has 3 rings (SSSR count). The Bertz CT molecular complexity index is 1140. The molecule has 144 valence electrons. The van der Waals surface area contributed by atoms with Crippen LogP contribution in [0.25, 0.3) is 5.69 Å². The highest BCUT2D eigenvalue weighted by Gasteiger charge is 2.14. The number of carbonyl (C=O) groups is 1. The summed E-state index contributed by atoms with van der Waals surface area (Å²) in [7, 11) is 0. The first-order valence-corrected chi connectivity index (χ1v) is 9.56. The monoisotopic (exact) mass is 440 g/mol. The first-order valence-electron chi connectivity index (χ1n) is 8.77. The minimum Gasteiger partial charge on any atom is -0.295 e. The van der Waals surface area contributed by atoms with E-state index in [0.29, 0.717) is 16.8 Å². The minimum atomic E-state index is -0.326. The van der Waals surface area contributed by atoms with Gasteiger partial charge in [0, 0.05) is 15.7 Å². The maximum atomic E-state index is 12.8. The van der Waals surface area contributed by atoms with Crippen LogP contribution < -0.4 is 11.0 Å². The fraction of sp³-hybridized carbons (Fsp3) is 0.190. The number of amides is 1. The van der Waals surface area contributed by atoms with Gasteiger partial charge in [0.05, 0.1) is 17.5 Å². The number of rotatable bonds is 4. The molecule has 2 N–H and O–H groups in total. The Morgan fingerprint density at radius 1 is 1.14 bits per heavy atom. The SMILES string of the molecule is Cc1cccc(C(=O)NN=Cc2c(C)[nH]n(-c3ccc(Br)c(C)c3C)c2=O)c1. The van der Waals surface area contributed by atoms with Gasteiger partial charge < -0.3 is 0 Å². The topological polar surface area (TPSA) is 79.2 Å². The Labute approximate surface area is 171 Å². The number of aromatic nitrogens is 2. The molecule has 0 atom stereocenters. The largest absolute Gasteiger partial charge is 0.295 e. The smallest absolute Gasteiger partial charge is 0.280 e. The number of hydrazone groups is 1. The summed E-state index contributed by atoms with van der Waals surface area (Å²) in [5.74, 6) is -0.326. The van der Waals surface area contributed by atoms with Crippen molar-refractivity contribution in [1.29, 1.82) is 0 Å². The van der Waals surface area contributed by atoms with Crippen molar-refractivity contribution in [3.63, 3.8) is 0 Å². The average molecular weight is 441 g/mol. The van der Waals surface area contributed by atoms with Crippen molar-refractivity contribution in [3.8, 4) is 5.69 Å². The van der Waals surface area contributed by atoms with Gasteiger partial charge in [-0.15, -0.1) is 0 Å². The van der Waals surface area contributed by atoms with E-state index in [1.54, 1.807) is 19.1 Å². The second-order valence-electron chi connectivity index (χ2n) is 6.68. The lowest BCUT2D eigenvalue weighted by atomic mass is 10.1. The molecule has 6 nitrogen and oxygen atoms in total. The molecule has 28 heavy (non-hydrogen) atoms. The van der Waals surface area contributed by atoms with Crippen molar-refractivity contribution in [2.75, 3.05) is 0 Å². The molecule has 0 saturated heterocycles. The van der Waals surface area contributed by atoms with E-state index in [1.807, 2.05) is 45.0 Å². The molecular weight excluding hydrogens is 420 g/mol. The predicted octanol–water partition coefficient (Wildman–Crippen LogP) is 3.93. The highest BCUT2D eigenvalue weighted by molar-refractivity contribution is 9.10. The van der Waals surface area contributed by atoms with E-state index in [-0.39, 0.29) is 11.5 Å². The van der Waals surface area contributed by atoms with Crippen LogP contribution in [0.5, 0.6) is 0 Å². The van der Waals surface area contributed by atoms with Crippen LogP contribution in [0.2, 0.25) is 0 Å². The number of aryl methyl sites for hydroxylation is 2. The first-order chi connectivity index (χ1) is 13.3. The van der Waals surface area contributed by atoms with Gasteiger partial charge in [-0.05, 0) is 63.1 Å². The number of hydrogen-bond donors (Lipinski definition) is 2. The quantitative estimate of drug-likeness (QED) is 0.476. The summed E-state index contributed by atoms with van der Waals surface area (Å²) in [6.07, 6.45) is 1.37. The first kappa shape index (κ1) is 19.8. The van der Waals surface area contributed by atoms with Crippen LogP contribution >= 0.6 is 15.9 Å². The van der Waals surface area contributed by atoms with Crippen molar-refractivity contribution in [2.24, 2.45) is 5.10 Å². The highest BCUT2D eigenvalue weighted by Crippen LogP contribution is 2.24. The summed E-state index contributed by atoms with van der Waals surface area (Å²) in [6.45, 7) is 7.67. The number of carbonyl (C=O) groups excluding carboxylic acids is 1. The predicted molar refractivity (Wildman–Crippen MR) is 115 cm³/mol. The molecular formula is C21H21BrN4O2. The molecule has 0 radical (unpaired) electrons. The van der Waals surface area contributed by atoms with Crippen LogP contribution in [0.3, 0.4) is 0 Å². The number of nitrogens with one attached hydrogen (secondary N) is 2. The lowest BCUT2D eigenvalue weighted by Gasteiger charge is -2.10. The highest BCUT2D eigenvalue weighted by atomic mass is 79.9. The van der Waals surface area contributed by atoms with Gasteiger partial charge in [0.15, 0.2) is 0 Å². The van der Waals surface area contributed by atoms with Gasteiger partial charge in [-0.1, -0.05) is 33.6 Å². The van der Waals surface area contributed by atoms with Crippen molar-refractivity contribution in [2.45, 2.75) is 27.7 Å². The third-order valence-corrected chi connectivity index (χ3v) is 5.55. The molecule has 0 spiro atoms. The van der Waals surface area contributed by atoms with E-state index in [4.69, 9.17) is 0 Å². The molecule has 3 aromatic rings. The normalized spacial score (nSPS) is 11.2. The summed E-state index contributed by atoms with van der Waals surface area (Å²) in [4.78, 5) is 25.0. The van der Waals surface area contributed by atoms with Crippen molar-refractivity contribution in [3.05, 3.63) is 84.7 Å². The molecule has 0 aliphatic heterocycles. The summed E-state index contributed by atoms with van der Waals surface area (Å²) in [5, 5.41) is 7.04. The molecule has 0 saturated carbocycles. The zero-order valence-corrected chi connectivity index (χ0v) is 17.7. The van der Waals surface area contributed by atoms with Crippen LogP contribution in [0.15, 0.2) is 50.8 Å². The molecule has 1 aromatic heterocycles. The minimum absolute atomic E-state index is 0.226. The number of aromatic amines is 1. The van der Waals surface area contributed by atoms with Crippen molar-refractivity contribution < 1.29 is 4.79 Å². The Kier molecular flexibility index (Phi) is 5.65. The Morgan fingerprint density at radius 3 is 2.61 bits per heavy atom. The zero-order chi connectivity index (χ0) is 20.4. The van der Waals surface area contributed by atoms with Crippen LogP contribution in [0, 0.1) is 27.7 Å². The van der Waals surface area contributed by atoms with Gasteiger partial charge in [0.25, 0.3) is 11.5 Å². The van der Waals surface area contributed by atoms with E-state index in [0.717, 1.165) is 26.9 Å². The maximum absolute atomic E-state index is 12.8. The van der Waals surface area contributed by atoms with Gasteiger partial charge in [-0.2, -0.15) is 5.10 Å². The number of nitrogens with zero attached hydrogens (tertiary/aromatic N) is 2. The van der Waals surface area contributed by atoms with Gasteiger partial charge >= 0.3 is 0 Å². The number of H-pyrrole nitrogens is 1. The van der Waals surface area contributed by atoms with Gasteiger partial charge in [-0.3, -0.25) is 14.7 Å². The van der Waals surface area contributed by atoms with E-state index in [1.165, 1.54) is 10.9 Å². The third-order valence-electron chi connectivity index (χ3n) is 4.69. The number of halogens is 1. The Balaban J connectivity index is 1.87. The Hall–Kier alpha value is -2.93. The molecule has 0 aliphatic rings. The summed E-state index contributed by atoms with van der Waals surface area (Å²) < 4.78 is 2.49. The van der Waals surface area contributed by atoms with Gasteiger partial charge in [0.2, 0.25) is 0 Å². The van der Waals surface area contributed by atoms with E-state index < -0.39 is 0 Å². The number of benzene rings is 2. The molecule has 1 amide bonds. The molecule has 0 fully saturated rings. The second kappa shape index (κ2) is 7.98. The molecule has 1 heterocycles. The molecule has 0 aliphatic carbocycles. The zero-order valence-electron chi connectivity index (χ0n) is 16.1. The van der Waals surface area contributed by atoms with Crippen LogP contribution in [0.1, 0.15) is 38.3 Å².